The number of amides is 1. The lowest BCUT2D eigenvalue weighted by atomic mass is 9.98. The van der Waals surface area contributed by atoms with E-state index in [0.29, 0.717) is 18.9 Å². The number of sulfonamides is 1. The molecule has 10 heteroatoms. The highest BCUT2D eigenvalue weighted by Gasteiger charge is 2.34. The third kappa shape index (κ3) is 3.69. The summed E-state index contributed by atoms with van der Waals surface area (Å²) in [4.78, 5) is 18.6. The Kier molecular flexibility index (Phi) is 4.82. The van der Waals surface area contributed by atoms with Gasteiger partial charge in [-0.1, -0.05) is 0 Å². The van der Waals surface area contributed by atoms with Gasteiger partial charge in [-0.3, -0.25) is 4.79 Å². The number of carbonyl (C=O) groups excluding carboxylic acids is 1. The molecule has 1 amide bonds. The zero-order chi connectivity index (χ0) is 18.0. The summed E-state index contributed by atoms with van der Waals surface area (Å²) >= 11 is 0. The second kappa shape index (κ2) is 6.89. The molecule has 134 valence electrons. The smallest absolute Gasteiger partial charge is 0.260 e. The van der Waals surface area contributed by atoms with Gasteiger partial charge in [0.15, 0.2) is 5.03 Å². The predicted molar refractivity (Wildman–Crippen MR) is 85.1 cm³/mol. The molecule has 0 saturated carbocycles. The number of aromatic nitrogens is 2. The van der Waals surface area contributed by atoms with Crippen LogP contribution in [0.3, 0.4) is 0 Å². The molecule has 1 fully saturated rings. The normalized spacial score (nSPS) is 18.9. The minimum Gasteiger partial charge on any atom is -0.335 e. The van der Waals surface area contributed by atoms with Crippen molar-refractivity contribution in [3.05, 3.63) is 42.4 Å². The van der Waals surface area contributed by atoms with Gasteiger partial charge in [-0.15, -0.1) is 0 Å². The minimum absolute atomic E-state index is 0.0179. The van der Waals surface area contributed by atoms with Crippen LogP contribution in [0.5, 0.6) is 0 Å². The summed E-state index contributed by atoms with van der Waals surface area (Å²) in [7, 11) is -3.76. The summed E-state index contributed by atoms with van der Waals surface area (Å²) < 4.78 is 52.8. The average molecular weight is 370 g/mol. The summed E-state index contributed by atoms with van der Waals surface area (Å²) in [5.74, 6) is -2.76. The first-order valence-corrected chi connectivity index (χ1v) is 9.06. The third-order valence-corrected chi connectivity index (χ3v) is 5.83. The second-order valence-electron chi connectivity index (χ2n) is 5.73. The van der Waals surface area contributed by atoms with E-state index in [9.17, 15) is 22.0 Å². The van der Waals surface area contributed by atoms with Crippen molar-refractivity contribution < 1.29 is 22.0 Å². The van der Waals surface area contributed by atoms with Gasteiger partial charge < -0.3 is 10.3 Å². The number of imidazole rings is 1. The number of benzene rings is 1. The first-order valence-electron chi connectivity index (χ1n) is 7.62. The molecule has 0 aliphatic carbocycles. The molecule has 1 unspecified atom stereocenters. The number of rotatable bonds is 4. The van der Waals surface area contributed by atoms with Crippen molar-refractivity contribution in [2.24, 2.45) is 5.92 Å². The van der Waals surface area contributed by atoms with Crippen LogP contribution in [0.1, 0.15) is 12.8 Å². The van der Waals surface area contributed by atoms with Gasteiger partial charge in [0.05, 0.1) is 24.1 Å². The first-order chi connectivity index (χ1) is 11.9. The minimum atomic E-state index is -3.76. The van der Waals surface area contributed by atoms with Crippen molar-refractivity contribution in [1.82, 2.24) is 14.3 Å². The van der Waals surface area contributed by atoms with E-state index in [1.165, 1.54) is 16.8 Å². The lowest BCUT2D eigenvalue weighted by Crippen LogP contribution is -2.43. The number of H-pyrrole nitrogens is 1. The van der Waals surface area contributed by atoms with Crippen LogP contribution in [0.2, 0.25) is 0 Å². The molecule has 3 rings (SSSR count). The monoisotopic (exact) mass is 370 g/mol. The van der Waals surface area contributed by atoms with E-state index < -0.39 is 33.5 Å². The van der Waals surface area contributed by atoms with Crippen LogP contribution in [0, 0.1) is 17.6 Å². The highest BCUT2D eigenvalue weighted by atomic mass is 32.2. The van der Waals surface area contributed by atoms with Gasteiger partial charge >= 0.3 is 0 Å². The fourth-order valence-electron chi connectivity index (χ4n) is 2.72. The molecule has 2 heterocycles. The van der Waals surface area contributed by atoms with Crippen LogP contribution in [0.15, 0.2) is 35.7 Å². The Morgan fingerprint density at radius 3 is 2.84 bits per heavy atom. The lowest BCUT2D eigenvalue weighted by Gasteiger charge is -2.30. The quantitative estimate of drug-likeness (QED) is 0.857. The van der Waals surface area contributed by atoms with Gasteiger partial charge in [-0.2, -0.15) is 4.31 Å². The van der Waals surface area contributed by atoms with Gasteiger partial charge in [0.2, 0.25) is 5.91 Å². The number of nitrogens with one attached hydrogen (secondary N) is 2. The average Bonchev–Trinajstić information content (AvgIpc) is 3.13. The van der Waals surface area contributed by atoms with E-state index in [1.54, 1.807) is 0 Å². The van der Waals surface area contributed by atoms with Crippen molar-refractivity contribution >= 4 is 21.6 Å². The zero-order valence-corrected chi connectivity index (χ0v) is 13.9. The fourth-order valence-corrected chi connectivity index (χ4v) is 4.14. The molecule has 1 aliphatic rings. The standard InChI is InChI=1S/C15H16F2N4O3S/c16-11-3-4-13(12(17)6-11)20-15(22)10-2-1-5-21(8-10)25(23,24)14-7-18-9-19-14/h3-4,6-7,9-10H,1-2,5,8H2,(H,18,19)(H,20,22). The van der Waals surface area contributed by atoms with E-state index >= 15 is 0 Å². The van der Waals surface area contributed by atoms with Crippen LogP contribution >= 0.6 is 0 Å². The summed E-state index contributed by atoms with van der Waals surface area (Å²) in [6.45, 7) is 0.270. The van der Waals surface area contributed by atoms with E-state index in [1.807, 2.05) is 0 Å². The van der Waals surface area contributed by atoms with Gasteiger partial charge in [0, 0.05) is 19.2 Å². The molecule has 25 heavy (non-hydrogen) atoms. The molecule has 0 radical (unpaired) electrons. The molecular weight excluding hydrogens is 354 g/mol. The number of piperidine rings is 1. The lowest BCUT2D eigenvalue weighted by molar-refractivity contribution is -0.120. The van der Waals surface area contributed by atoms with Gasteiger partial charge in [-0.25, -0.2) is 22.2 Å². The van der Waals surface area contributed by atoms with Gasteiger partial charge in [-0.05, 0) is 25.0 Å². The largest absolute Gasteiger partial charge is 0.335 e. The first kappa shape index (κ1) is 17.5. The molecule has 1 atom stereocenters. The molecule has 1 aromatic carbocycles. The Morgan fingerprint density at radius 2 is 2.16 bits per heavy atom. The number of nitrogens with zero attached hydrogens (tertiary/aromatic N) is 2. The van der Waals surface area contributed by atoms with Gasteiger partial charge in [0.25, 0.3) is 10.0 Å². The van der Waals surface area contributed by atoms with Crippen LogP contribution in [0.25, 0.3) is 0 Å². The predicted octanol–water partition coefficient (Wildman–Crippen LogP) is 1.73. The maximum absolute atomic E-state index is 13.7. The van der Waals surface area contributed by atoms with Gasteiger partial charge in [0.1, 0.15) is 11.6 Å². The maximum Gasteiger partial charge on any atom is 0.260 e. The Balaban J connectivity index is 1.72. The Labute approximate surface area is 143 Å². The summed E-state index contributed by atoms with van der Waals surface area (Å²) in [5, 5.41) is 2.35. The number of aromatic amines is 1. The molecule has 7 nitrogen and oxygen atoms in total. The van der Waals surface area contributed by atoms with Crippen molar-refractivity contribution in [3.8, 4) is 0 Å². The highest BCUT2D eigenvalue weighted by Crippen LogP contribution is 2.24. The van der Waals surface area contributed by atoms with E-state index in [0.717, 1.165) is 12.1 Å². The van der Waals surface area contributed by atoms with Crippen molar-refractivity contribution in [1.29, 1.82) is 0 Å². The molecule has 2 aromatic rings. The number of hydrogen-bond acceptors (Lipinski definition) is 4. The van der Waals surface area contributed by atoms with E-state index in [-0.39, 0.29) is 23.8 Å². The van der Waals surface area contributed by atoms with Crippen LogP contribution in [0.4, 0.5) is 14.5 Å². The second-order valence-corrected chi connectivity index (χ2v) is 7.64. The summed E-state index contributed by atoms with van der Waals surface area (Å²) in [5.41, 5.74) is -0.139. The van der Waals surface area contributed by atoms with Crippen LogP contribution < -0.4 is 5.32 Å². The number of carbonyl (C=O) groups is 1. The summed E-state index contributed by atoms with van der Waals surface area (Å²) in [6, 6.07) is 2.84. The fraction of sp³-hybridized carbons (Fsp3) is 0.333. The third-order valence-electron chi connectivity index (χ3n) is 4.03. The van der Waals surface area contributed by atoms with Crippen molar-refractivity contribution in [2.75, 3.05) is 18.4 Å². The number of hydrogen-bond donors (Lipinski definition) is 2. The van der Waals surface area contributed by atoms with Crippen LogP contribution in [-0.4, -0.2) is 41.7 Å². The molecule has 0 spiro atoms. The highest BCUT2D eigenvalue weighted by molar-refractivity contribution is 7.89. The van der Waals surface area contributed by atoms with Crippen LogP contribution in [-0.2, 0) is 14.8 Å². The Hall–Kier alpha value is -2.33. The molecule has 1 aromatic heterocycles. The SMILES string of the molecule is O=C(Nc1ccc(F)cc1F)C1CCCN(S(=O)(=O)c2cnc[nH]2)C1. The van der Waals surface area contributed by atoms with E-state index in [2.05, 4.69) is 15.3 Å². The molecular formula is C15H16F2N4O3S. The summed E-state index contributed by atoms with van der Waals surface area (Å²) in [6.07, 6.45) is 3.44. The topological polar surface area (TPSA) is 95.2 Å². The maximum atomic E-state index is 13.7. The van der Waals surface area contributed by atoms with E-state index in [4.69, 9.17) is 0 Å². The molecule has 1 saturated heterocycles. The Morgan fingerprint density at radius 1 is 1.36 bits per heavy atom. The van der Waals surface area contributed by atoms with Crippen molar-refractivity contribution in [2.45, 2.75) is 17.9 Å². The molecule has 2 N–H and O–H groups in total. The zero-order valence-electron chi connectivity index (χ0n) is 13.1. The van der Waals surface area contributed by atoms with Crippen molar-refractivity contribution in [3.63, 3.8) is 0 Å². The molecule has 0 bridgehead atoms. The number of anilines is 1. The Bertz CT molecular complexity index is 871. The number of halogens is 2. The molecule has 1 aliphatic heterocycles.